The van der Waals surface area contributed by atoms with Crippen molar-refractivity contribution >= 4 is 75.4 Å². The second-order valence-electron chi connectivity index (χ2n) is 6.38. The van der Waals surface area contributed by atoms with Crippen molar-refractivity contribution < 1.29 is 14.0 Å². The van der Waals surface area contributed by atoms with Crippen LogP contribution in [0.4, 0.5) is 4.79 Å². The van der Waals surface area contributed by atoms with Crippen LogP contribution in [0.5, 0.6) is 0 Å². The van der Waals surface area contributed by atoms with E-state index in [1.165, 1.54) is 6.08 Å². The maximum Gasteiger partial charge on any atom is 0.293 e. The lowest BCUT2D eigenvalue weighted by Gasteiger charge is -2.12. The Bertz CT molecular complexity index is 1180. The molecular formula is C21H11Cl4NO3S. The molecule has 9 heteroatoms. The molecular weight excluding hydrogens is 488 g/mol. The number of rotatable bonds is 4. The normalized spacial score (nSPS) is 15.5. The maximum atomic E-state index is 12.7. The van der Waals surface area contributed by atoms with E-state index in [1.807, 2.05) is 0 Å². The van der Waals surface area contributed by atoms with Gasteiger partial charge in [0.2, 0.25) is 0 Å². The van der Waals surface area contributed by atoms with Crippen LogP contribution < -0.4 is 0 Å². The molecule has 30 heavy (non-hydrogen) atoms. The van der Waals surface area contributed by atoms with Crippen LogP contribution in [0.25, 0.3) is 17.4 Å². The maximum absolute atomic E-state index is 12.7. The first kappa shape index (κ1) is 21.3. The molecule has 0 N–H and O–H groups in total. The molecule has 1 saturated heterocycles. The number of carbonyl (C=O) groups excluding carboxylic acids is 2. The first-order valence-electron chi connectivity index (χ1n) is 8.56. The second kappa shape index (κ2) is 8.69. The highest BCUT2D eigenvalue weighted by atomic mass is 35.5. The van der Waals surface area contributed by atoms with Gasteiger partial charge in [0.15, 0.2) is 0 Å². The highest BCUT2D eigenvalue weighted by Crippen LogP contribution is 2.35. The molecule has 0 unspecified atom stereocenters. The van der Waals surface area contributed by atoms with E-state index in [9.17, 15) is 9.59 Å². The van der Waals surface area contributed by atoms with Crippen LogP contribution in [0.15, 0.2) is 57.9 Å². The Morgan fingerprint density at radius 1 is 0.900 bits per heavy atom. The molecule has 0 saturated carbocycles. The smallest absolute Gasteiger partial charge is 0.293 e. The Kier molecular flexibility index (Phi) is 6.19. The number of amides is 2. The molecule has 0 aliphatic carbocycles. The molecule has 0 radical (unpaired) electrons. The molecule has 1 aliphatic rings. The summed E-state index contributed by atoms with van der Waals surface area (Å²) in [6, 6.07) is 13.5. The summed E-state index contributed by atoms with van der Waals surface area (Å²) in [4.78, 5) is 26.5. The molecule has 2 amide bonds. The van der Waals surface area contributed by atoms with E-state index in [1.54, 1.807) is 48.5 Å². The Labute approximate surface area is 196 Å². The summed E-state index contributed by atoms with van der Waals surface area (Å²) in [5, 5.41) is 1.37. The third-order valence-electron chi connectivity index (χ3n) is 4.25. The summed E-state index contributed by atoms with van der Waals surface area (Å²) >= 11 is 24.9. The second-order valence-corrected chi connectivity index (χ2v) is 9.06. The molecule has 2 heterocycles. The fraction of sp³-hybridized carbons (Fsp3) is 0.0476. The van der Waals surface area contributed by atoms with Gasteiger partial charge in [-0.25, -0.2) is 0 Å². The Morgan fingerprint density at radius 2 is 1.63 bits per heavy atom. The number of hydrogen-bond donors (Lipinski definition) is 0. The van der Waals surface area contributed by atoms with E-state index in [0.29, 0.717) is 42.7 Å². The van der Waals surface area contributed by atoms with Crippen LogP contribution in [-0.4, -0.2) is 16.0 Å². The van der Waals surface area contributed by atoms with E-state index in [4.69, 9.17) is 50.8 Å². The predicted octanol–water partition coefficient (Wildman–Crippen LogP) is 7.80. The Morgan fingerprint density at radius 3 is 2.33 bits per heavy atom. The van der Waals surface area contributed by atoms with Crippen molar-refractivity contribution in [2.75, 3.05) is 0 Å². The lowest BCUT2D eigenvalue weighted by Crippen LogP contribution is -2.27. The zero-order valence-corrected chi connectivity index (χ0v) is 18.8. The Balaban J connectivity index is 1.55. The Hall–Kier alpha value is -1.89. The number of furan rings is 1. The largest absolute Gasteiger partial charge is 0.457 e. The van der Waals surface area contributed by atoms with E-state index >= 15 is 0 Å². The lowest BCUT2D eigenvalue weighted by atomic mass is 10.2. The quantitative estimate of drug-likeness (QED) is 0.344. The topological polar surface area (TPSA) is 50.5 Å². The van der Waals surface area contributed by atoms with Crippen LogP contribution in [0.3, 0.4) is 0 Å². The van der Waals surface area contributed by atoms with E-state index in [0.717, 1.165) is 16.7 Å². The van der Waals surface area contributed by atoms with Gasteiger partial charge < -0.3 is 4.42 Å². The number of carbonyl (C=O) groups is 2. The van der Waals surface area contributed by atoms with Crippen LogP contribution in [0.1, 0.15) is 11.3 Å². The minimum atomic E-state index is -0.403. The van der Waals surface area contributed by atoms with E-state index in [-0.39, 0.29) is 16.7 Å². The zero-order valence-electron chi connectivity index (χ0n) is 15.0. The molecule has 4 nitrogen and oxygen atoms in total. The van der Waals surface area contributed by atoms with E-state index < -0.39 is 5.91 Å². The van der Waals surface area contributed by atoms with Gasteiger partial charge in [0.1, 0.15) is 11.5 Å². The monoisotopic (exact) mass is 497 g/mol. The number of benzene rings is 2. The highest BCUT2D eigenvalue weighted by molar-refractivity contribution is 8.18. The van der Waals surface area contributed by atoms with Gasteiger partial charge in [-0.2, -0.15) is 0 Å². The van der Waals surface area contributed by atoms with Gasteiger partial charge in [0.05, 0.1) is 21.5 Å². The number of thioether (sulfide) groups is 1. The van der Waals surface area contributed by atoms with Crippen molar-refractivity contribution in [1.29, 1.82) is 0 Å². The molecule has 4 rings (SSSR count). The highest BCUT2D eigenvalue weighted by Gasteiger charge is 2.35. The SMILES string of the molecule is O=C1S/C(=C\c2ccc(-c3cc(Cl)cc(Cl)c3)o2)C(=O)N1Cc1ccc(Cl)c(Cl)c1. The molecule has 0 spiro atoms. The molecule has 1 aromatic heterocycles. The van der Waals surface area contributed by atoms with Gasteiger partial charge in [-0.05, 0) is 59.8 Å². The van der Waals surface area contributed by atoms with E-state index in [2.05, 4.69) is 0 Å². The molecule has 1 aliphatic heterocycles. The fourth-order valence-electron chi connectivity index (χ4n) is 2.87. The van der Waals surface area contributed by atoms with Crippen LogP contribution >= 0.6 is 58.2 Å². The van der Waals surface area contributed by atoms with Crippen LogP contribution in [0, 0.1) is 0 Å². The molecule has 2 aromatic carbocycles. The van der Waals surface area contributed by atoms with Gasteiger partial charge in [0, 0.05) is 21.7 Å². The molecule has 1 fully saturated rings. The number of imide groups is 1. The predicted molar refractivity (Wildman–Crippen MR) is 122 cm³/mol. The van der Waals surface area contributed by atoms with Gasteiger partial charge in [-0.3, -0.25) is 14.5 Å². The zero-order chi connectivity index (χ0) is 21.4. The summed E-state index contributed by atoms with van der Waals surface area (Å²) < 4.78 is 5.79. The summed E-state index contributed by atoms with van der Waals surface area (Å²) in [6.45, 7) is 0.101. The van der Waals surface area contributed by atoms with Crippen molar-refractivity contribution in [2.45, 2.75) is 6.54 Å². The van der Waals surface area contributed by atoms with Crippen molar-refractivity contribution in [3.05, 3.63) is 84.9 Å². The number of hydrogen-bond acceptors (Lipinski definition) is 4. The molecule has 0 bridgehead atoms. The standard InChI is InChI=1S/C21H11Cl4NO3S/c22-13-6-12(7-14(23)8-13)18-4-2-15(29-18)9-19-20(27)26(21(28)30-19)10-11-1-3-16(24)17(25)5-11/h1-9H,10H2/b19-9-. The molecule has 152 valence electrons. The van der Waals surface area contributed by atoms with Crippen molar-refractivity contribution in [3.8, 4) is 11.3 Å². The van der Waals surface area contributed by atoms with Crippen LogP contribution in [-0.2, 0) is 11.3 Å². The average molecular weight is 499 g/mol. The van der Waals surface area contributed by atoms with Gasteiger partial charge in [-0.1, -0.05) is 52.5 Å². The summed E-state index contributed by atoms with van der Waals surface area (Å²) in [7, 11) is 0. The number of halogens is 4. The third kappa shape index (κ3) is 4.56. The summed E-state index contributed by atoms with van der Waals surface area (Å²) in [6.07, 6.45) is 1.54. The summed E-state index contributed by atoms with van der Waals surface area (Å²) in [5.41, 5.74) is 1.41. The number of nitrogens with zero attached hydrogens (tertiary/aromatic N) is 1. The lowest BCUT2D eigenvalue weighted by molar-refractivity contribution is -0.123. The minimum Gasteiger partial charge on any atom is -0.457 e. The van der Waals surface area contributed by atoms with Crippen LogP contribution in [0.2, 0.25) is 20.1 Å². The first-order chi connectivity index (χ1) is 14.3. The third-order valence-corrected chi connectivity index (χ3v) is 6.33. The fourth-order valence-corrected chi connectivity index (χ4v) is 4.53. The van der Waals surface area contributed by atoms with Gasteiger partial charge in [-0.15, -0.1) is 0 Å². The molecule has 3 aromatic rings. The minimum absolute atomic E-state index is 0.101. The molecule has 0 atom stereocenters. The van der Waals surface area contributed by atoms with Crippen molar-refractivity contribution in [1.82, 2.24) is 4.90 Å². The van der Waals surface area contributed by atoms with Crippen molar-refractivity contribution in [2.24, 2.45) is 0 Å². The summed E-state index contributed by atoms with van der Waals surface area (Å²) in [5.74, 6) is 0.571. The first-order valence-corrected chi connectivity index (χ1v) is 10.9. The average Bonchev–Trinajstić information content (AvgIpc) is 3.24. The van der Waals surface area contributed by atoms with Gasteiger partial charge in [0.25, 0.3) is 11.1 Å². The van der Waals surface area contributed by atoms with Crippen molar-refractivity contribution in [3.63, 3.8) is 0 Å². The van der Waals surface area contributed by atoms with Gasteiger partial charge >= 0.3 is 0 Å².